The molecule has 32 heavy (non-hydrogen) atoms. The molecule has 0 unspecified atom stereocenters. The van der Waals surface area contributed by atoms with Crippen LogP contribution >= 0.6 is 0 Å². The molecule has 2 fully saturated rings. The van der Waals surface area contributed by atoms with Crippen LogP contribution in [-0.2, 0) is 9.53 Å². The number of hydrogen-bond acceptors (Lipinski definition) is 5. The Balaban J connectivity index is 1.70. The minimum absolute atomic E-state index is 0.0409. The summed E-state index contributed by atoms with van der Waals surface area (Å²) in [5.74, 6) is 1.08. The van der Waals surface area contributed by atoms with Gasteiger partial charge >= 0.3 is 6.16 Å². The summed E-state index contributed by atoms with van der Waals surface area (Å²) >= 11 is 0. The third-order valence-electron chi connectivity index (χ3n) is 7.06. The highest BCUT2D eigenvalue weighted by Crippen LogP contribution is 2.37. The standard InChI is InChI=1S/C24H35N3O5/c1-17-8-10-18(11-9-17)23(28)27(20-12-14-31-15-13-20)22-21(32-24(29)30)16-26(25-22)19-6-4-2-3-5-7-19/h6,16-18,20H,2-5,7-15H2,1H3,(H,29,30). The molecule has 0 bridgehead atoms. The van der Waals surface area contributed by atoms with Gasteiger partial charge in [-0.05, 0) is 70.1 Å². The van der Waals surface area contributed by atoms with Crippen molar-refractivity contribution in [2.45, 2.75) is 83.6 Å². The van der Waals surface area contributed by atoms with Crippen molar-refractivity contribution in [2.24, 2.45) is 11.8 Å². The van der Waals surface area contributed by atoms with Crippen LogP contribution in [0.2, 0.25) is 0 Å². The number of ether oxygens (including phenoxy) is 2. The van der Waals surface area contributed by atoms with Crippen molar-refractivity contribution >= 4 is 23.6 Å². The van der Waals surface area contributed by atoms with Crippen molar-refractivity contribution < 1.29 is 24.2 Å². The van der Waals surface area contributed by atoms with Gasteiger partial charge in [-0.25, -0.2) is 9.48 Å². The highest BCUT2D eigenvalue weighted by atomic mass is 16.7. The maximum Gasteiger partial charge on any atom is 0.511 e. The van der Waals surface area contributed by atoms with Gasteiger partial charge in [0.05, 0.1) is 6.20 Å². The first-order valence-electron chi connectivity index (χ1n) is 12.1. The predicted octanol–water partition coefficient (Wildman–Crippen LogP) is 5.08. The molecular weight excluding hydrogens is 410 g/mol. The maximum absolute atomic E-state index is 13.8. The van der Waals surface area contributed by atoms with Crippen LogP contribution in [0, 0.1) is 11.8 Å². The van der Waals surface area contributed by atoms with Crippen LogP contribution in [0.3, 0.4) is 0 Å². The summed E-state index contributed by atoms with van der Waals surface area (Å²) in [5.41, 5.74) is 1.04. The van der Waals surface area contributed by atoms with E-state index >= 15 is 0 Å². The number of anilines is 1. The van der Waals surface area contributed by atoms with Crippen LogP contribution in [0.4, 0.5) is 10.6 Å². The normalized spacial score (nSPS) is 25.0. The number of rotatable bonds is 5. The molecule has 2 heterocycles. The van der Waals surface area contributed by atoms with E-state index in [1.165, 1.54) is 6.42 Å². The molecule has 4 rings (SSSR count). The molecule has 1 aliphatic heterocycles. The molecule has 0 spiro atoms. The lowest BCUT2D eigenvalue weighted by molar-refractivity contribution is -0.124. The summed E-state index contributed by atoms with van der Waals surface area (Å²) in [5, 5.41) is 14.1. The molecule has 1 N–H and O–H groups in total. The zero-order valence-electron chi connectivity index (χ0n) is 19.0. The largest absolute Gasteiger partial charge is 0.511 e. The van der Waals surface area contributed by atoms with Crippen LogP contribution in [0.1, 0.15) is 77.6 Å². The van der Waals surface area contributed by atoms with Crippen molar-refractivity contribution in [2.75, 3.05) is 18.1 Å². The lowest BCUT2D eigenvalue weighted by atomic mass is 9.82. The lowest BCUT2D eigenvalue weighted by Crippen LogP contribution is -2.47. The smallest absolute Gasteiger partial charge is 0.449 e. The van der Waals surface area contributed by atoms with E-state index < -0.39 is 6.16 Å². The molecule has 0 radical (unpaired) electrons. The molecule has 0 atom stereocenters. The van der Waals surface area contributed by atoms with Crippen LogP contribution in [0.5, 0.6) is 5.75 Å². The molecule has 1 aromatic rings. The van der Waals surface area contributed by atoms with Crippen LogP contribution < -0.4 is 9.64 Å². The van der Waals surface area contributed by atoms with Gasteiger partial charge in [0.15, 0.2) is 5.75 Å². The summed E-state index contributed by atoms with van der Waals surface area (Å²) in [7, 11) is 0. The van der Waals surface area contributed by atoms with Gasteiger partial charge in [-0.2, -0.15) is 0 Å². The van der Waals surface area contributed by atoms with E-state index in [0.29, 0.717) is 37.8 Å². The number of carbonyl (C=O) groups is 2. The Morgan fingerprint density at radius 3 is 2.59 bits per heavy atom. The van der Waals surface area contributed by atoms with Gasteiger partial charge in [-0.3, -0.25) is 9.69 Å². The SMILES string of the molecule is CC1CCC(C(=O)N(c2nn(C3=CCCCCC3)cc2OC(=O)O)C2CCOCC2)CC1. The first-order valence-corrected chi connectivity index (χ1v) is 12.1. The second kappa shape index (κ2) is 10.5. The molecule has 1 saturated carbocycles. The molecular formula is C24H35N3O5. The topological polar surface area (TPSA) is 93.9 Å². The fourth-order valence-electron chi connectivity index (χ4n) is 5.14. The van der Waals surface area contributed by atoms with Gasteiger partial charge in [0.2, 0.25) is 11.7 Å². The molecule has 8 heteroatoms. The van der Waals surface area contributed by atoms with Crippen molar-refractivity contribution in [3.63, 3.8) is 0 Å². The Morgan fingerprint density at radius 2 is 1.88 bits per heavy atom. The van der Waals surface area contributed by atoms with Gasteiger partial charge in [0.25, 0.3) is 0 Å². The van der Waals surface area contributed by atoms with Crippen molar-refractivity contribution in [3.8, 4) is 5.75 Å². The Morgan fingerprint density at radius 1 is 1.12 bits per heavy atom. The van der Waals surface area contributed by atoms with Crippen molar-refractivity contribution in [1.82, 2.24) is 9.78 Å². The van der Waals surface area contributed by atoms with Crippen LogP contribution in [0.15, 0.2) is 12.3 Å². The summed E-state index contributed by atoms with van der Waals surface area (Å²) in [6, 6.07) is -0.0711. The lowest BCUT2D eigenvalue weighted by Gasteiger charge is -2.36. The predicted molar refractivity (Wildman–Crippen MR) is 121 cm³/mol. The first-order chi connectivity index (χ1) is 15.5. The zero-order valence-corrected chi connectivity index (χ0v) is 19.0. The van der Waals surface area contributed by atoms with E-state index in [0.717, 1.165) is 57.1 Å². The average molecular weight is 446 g/mol. The first kappa shape index (κ1) is 22.8. The highest BCUT2D eigenvalue weighted by molar-refractivity contribution is 5.96. The molecule has 1 amide bonds. The van der Waals surface area contributed by atoms with E-state index in [1.54, 1.807) is 15.8 Å². The number of carboxylic acid groups (broad SMARTS) is 1. The molecule has 3 aliphatic rings. The van der Waals surface area contributed by atoms with E-state index in [2.05, 4.69) is 13.0 Å². The van der Waals surface area contributed by atoms with E-state index in [-0.39, 0.29) is 23.6 Å². The Kier molecular flexibility index (Phi) is 7.50. The molecule has 2 aliphatic carbocycles. The highest BCUT2D eigenvalue weighted by Gasteiger charge is 2.37. The summed E-state index contributed by atoms with van der Waals surface area (Å²) in [6.45, 7) is 3.39. The quantitative estimate of drug-likeness (QED) is 0.635. The van der Waals surface area contributed by atoms with E-state index in [1.807, 2.05) is 0 Å². The van der Waals surface area contributed by atoms with Gasteiger partial charge < -0.3 is 14.6 Å². The molecule has 1 aromatic heterocycles. The fraction of sp³-hybridized carbons (Fsp3) is 0.708. The van der Waals surface area contributed by atoms with E-state index in [9.17, 15) is 14.7 Å². The monoisotopic (exact) mass is 445 g/mol. The number of allylic oxidation sites excluding steroid dienone is 2. The third-order valence-corrected chi connectivity index (χ3v) is 7.06. The number of nitrogens with zero attached hydrogens (tertiary/aromatic N) is 3. The Labute approximate surface area is 189 Å². The number of amides is 1. The van der Waals surface area contributed by atoms with Crippen molar-refractivity contribution in [3.05, 3.63) is 12.3 Å². The molecule has 176 valence electrons. The minimum Gasteiger partial charge on any atom is -0.449 e. The maximum atomic E-state index is 13.8. The number of carbonyl (C=O) groups excluding carboxylic acids is 1. The molecule has 1 saturated heterocycles. The number of aromatic nitrogens is 2. The average Bonchev–Trinajstić information content (AvgIpc) is 2.99. The molecule has 0 aromatic carbocycles. The second-order valence-electron chi connectivity index (χ2n) is 9.43. The Bertz CT molecular complexity index is 835. The Hall–Kier alpha value is -2.35. The van der Waals surface area contributed by atoms with Crippen molar-refractivity contribution in [1.29, 1.82) is 0 Å². The fourth-order valence-corrected chi connectivity index (χ4v) is 5.14. The minimum atomic E-state index is -1.40. The third kappa shape index (κ3) is 5.34. The van der Waals surface area contributed by atoms with E-state index in [4.69, 9.17) is 14.6 Å². The zero-order chi connectivity index (χ0) is 22.5. The molecule has 8 nitrogen and oxygen atoms in total. The van der Waals surface area contributed by atoms with Gasteiger partial charge in [0, 0.05) is 30.9 Å². The van der Waals surface area contributed by atoms with Crippen LogP contribution in [-0.4, -0.2) is 46.2 Å². The van der Waals surface area contributed by atoms with Gasteiger partial charge in [-0.1, -0.05) is 19.4 Å². The summed E-state index contributed by atoms with van der Waals surface area (Å²) < 4.78 is 12.4. The summed E-state index contributed by atoms with van der Waals surface area (Å²) in [4.78, 5) is 27.0. The number of hydrogen-bond donors (Lipinski definition) is 1. The van der Waals surface area contributed by atoms with Gasteiger partial charge in [-0.15, -0.1) is 5.10 Å². The van der Waals surface area contributed by atoms with Crippen LogP contribution in [0.25, 0.3) is 5.70 Å². The summed E-state index contributed by atoms with van der Waals surface area (Å²) in [6.07, 6.45) is 12.8. The van der Waals surface area contributed by atoms with Gasteiger partial charge in [0.1, 0.15) is 0 Å². The second-order valence-corrected chi connectivity index (χ2v) is 9.43.